The summed E-state index contributed by atoms with van der Waals surface area (Å²) in [5.41, 5.74) is 3.69. The smallest absolute Gasteiger partial charge is 0.241 e. The van der Waals surface area contributed by atoms with E-state index in [1.54, 1.807) is 17.8 Å². The topological polar surface area (TPSA) is 71.8 Å². The van der Waals surface area contributed by atoms with Crippen molar-refractivity contribution in [1.29, 1.82) is 0 Å². The Bertz CT molecular complexity index is 984. The van der Waals surface area contributed by atoms with Crippen LogP contribution in [0.1, 0.15) is 18.4 Å². The summed E-state index contributed by atoms with van der Waals surface area (Å²) in [5, 5.41) is 7.66. The van der Waals surface area contributed by atoms with Gasteiger partial charge in [0.25, 0.3) is 0 Å². The maximum Gasteiger partial charge on any atom is 0.241 e. The van der Waals surface area contributed by atoms with E-state index in [0.29, 0.717) is 12.4 Å². The van der Waals surface area contributed by atoms with Crippen LogP contribution in [0.3, 0.4) is 0 Å². The number of nitrogens with one attached hydrogen (secondary N) is 1. The summed E-state index contributed by atoms with van der Waals surface area (Å²) in [6, 6.07) is 9.67. The third-order valence-electron chi connectivity index (χ3n) is 5.28. The van der Waals surface area contributed by atoms with Crippen molar-refractivity contribution < 1.29 is 9.53 Å². The fourth-order valence-corrected chi connectivity index (χ4v) is 3.72. The van der Waals surface area contributed by atoms with Crippen LogP contribution in [0.4, 0.5) is 5.69 Å². The molecule has 1 aromatic carbocycles. The number of carbonyl (C=O) groups is 1. The molecule has 1 aliphatic heterocycles. The highest BCUT2D eigenvalue weighted by Crippen LogP contribution is 2.25. The Morgan fingerprint density at radius 2 is 2.25 bits per heavy atom. The van der Waals surface area contributed by atoms with Crippen LogP contribution in [-0.4, -0.2) is 58.3 Å². The third kappa shape index (κ3) is 3.76. The molecule has 1 saturated heterocycles. The van der Waals surface area contributed by atoms with E-state index in [1.165, 1.54) is 0 Å². The summed E-state index contributed by atoms with van der Waals surface area (Å²) in [5.74, 6) is 0.671. The van der Waals surface area contributed by atoms with Crippen LogP contribution in [0.5, 0.6) is 0 Å². The first kappa shape index (κ1) is 18.6. The minimum absolute atomic E-state index is 0.0326. The second-order valence-electron chi connectivity index (χ2n) is 7.17. The lowest BCUT2D eigenvalue weighted by Gasteiger charge is -2.23. The van der Waals surface area contributed by atoms with Crippen LogP contribution in [0.15, 0.2) is 42.7 Å². The van der Waals surface area contributed by atoms with E-state index in [9.17, 15) is 4.79 Å². The largest absolute Gasteiger partial charge is 0.383 e. The predicted molar refractivity (Wildman–Crippen MR) is 108 cm³/mol. The molecule has 1 aliphatic rings. The van der Waals surface area contributed by atoms with E-state index < -0.39 is 0 Å². The molecule has 1 fully saturated rings. The summed E-state index contributed by atoms with van der Waals surface area (Å²) in [4.78, 5) is 19.5. The van der Waals surface area contributed by atoms with Crippen molar-refractivity contribution in [2.45, 2.75) is 25.8 Å². The molecule has 0 radical (unpaired) electrons. The van der Waals surface area contributed by atoms with Crippen LogP contribution in [-0.2, 0) is 9.53 Å². The lowest BCUT2D eigenvalue weighted by Crippen LogP contribution is -2.41. The van der Waals surface area contributed by atoms with Gasteiger partial charge in [-0.1, -0.05) is 6.07 Å². The van der Waals surface area contributed by atoms with E-state index in [2.05, 4.69) is 20.3 Å². The zero-order valence-corrected chi connectivity index (χ0v) is 16.3. The van der Waals surface area contributed by atoms with Crippen molar-refractivity contribution >= 4 is 17.1 Å². The number of aryl methyl sites for hydroxylation is 1. The molecule has 3 aromatic rings. The van der Waals surface area contributed by atoms with E-state index in [4.69, 9.17) is 4.74 Å². The third-order valence-corrected chi connectivity index (χ3v) is 5.28. The molecule has 1 atom stereocenters. The highest BCUT2D eigenvalue weighted by Gasteiger charge is 2.30. The van der Waals surface area contributed by atoms with Crippen molar-refractivity contribution in [2.24, 2.45) is 0 Å². The molecule has 7 heteroatoms. The van der Waals surface area contributed by atoms with Gasteiger partial charge in [0.1, 0.15) is 0 Å². The van der Waals surface area contributed by atoms with Gasteiger partial charge in [0.15, 0.2) is 5.82 Å². The van der Waals surface area contributed by atoms with Gasteiger partial charge in [-0.2, -0.15) is 0 Å². The molecule has 1 N–H and O–H groups in total. The number of hydrogen-bond donors (Lipinski definition) is 1. The Balaban J connectivity index is 1.54. The minimum Gasteiger partial charge on any atom is -0.383 e. The van der Waals surface area contributed by atoms with Gasteiger partial charge in [-0.15, -0.1) is 5.10 Å². The first-order chi connectivity index (χ1) is 13.7. The average molecular weight is 379 g/mol. The summed E-state index contributed by atoms with van der Waals surface area (Å²) >= 11 is 0. The fourth-order valence-electron chi connectivity index (χ4n) is 3.72. The van der Waals surface area contributed by atoms with Crippen molar-refractivity contribution in [3.8, 4) is 11.4 Å². The number of rotatable bonds is 6. The van der Waals surface area contributed by atoms with Gasteiger partial charge in [-0.05, 0) is 56.1 Å². The van der Waals surface area contributed by atoms with Crippen LogP contribution >= 0.6 is 0 Å². The van der Waals surface area contributed by atoms with Gasteiger partial charge in [-0.3, -0.25) is 9.69 Å². The molecule has 0 spiro atoms. The number of benzene rings is 1. The number of hydrogen-bond acceptors (Lipinski definition) is 5. The van der Waals surface area contributed by atoms with Gasteiger partial charge >= 0.3 is 0 Å². The van der Waals surface area contributed by atoms with E-state index in [1.807, 2.05) is 43.5 Å². The molecule has 146 valence electrons. The number of anilines is 1. The summed E-state index contributed by atoms with van der Waals surface area (Å²) < 4.78 is 6.97. The highest BCUT2D eigenvalue weighted by molar-refractivity contribution is 5.95. The molecule has 2 aromatic heterocycles. The number of nitrogens with zero attached hydrogens (tertiary/aromatic N) is 4. The Morgan fingerprint density at radius 1 is 1.36 bits per heavy atom. The van der Waals surface area contributed by atoms with Gasteiger partial charge in [0, 0.05) is 31.1 Å². The molecule has 4 rings (SSSR count). The first-order valence-electron chi connectivity index (χ1n) is 9.61. The van der Waals surface area contributed by atoms with Gasteiger partial charge in [0.2, 0.25) is 5.91 Å². The van der Waals surface area contributed by atoms with Crippen molar-refractivity contribution in [3.05, 3.63) is 48.3 Å². The molecule has 3 heterocycles. The summed E-state index contributed by atoms with van der Waals surface area (Å²) in [7, 11) is 1.69. The zero-order valence-electron chi connectivity index (χ0n) is 16.3. The Kier molecular flexibility index (Phi) is 5.36. The monoisotopic (exact) mass is 379 g/mol. The second kappa shape index (κ2) is 8.08. The maximum absolute atomic E-state index is 12.8. The first-order valence-corrected chi connectivity index (χ1v) is 9.61. The fraction of sp³-hybridized carbons (Fsp3) is 0.381. The van der Waals surface area contributed by atoms with Crippen molar-refractivity contribution in [2.75, 3.05) is 32.1 Å². The number of likely N-dealkylation sites (tertiary alicyclic amines) is 1. The summed E-state index contributed by atoms with van der Waals surface area (Å²) in [6.45, 7) is 4.37. The molecule has 7 nitrogen and oxygen atoms in total. The maximum atomic E-state index is 12.8. The van der Waals surface area contributed by atoms with Gasteiger partial charge < -0.3 is 10.1 Å². The summed E-state index contributed by atoms with van der Waals surface area (Å²) in [6.07, 6.45) is 5.61. The van der Waals surface area contributed by atoms with Gasteiger partial charge in [0.05, 0.1) is 24.4 Å². The van der Waals surface area contributed by atoms with Crippen LogP contribution in [0.2, 0.25) is 0 Å². The average Bonchev–Trinajstić information content (AvgIpc) is 3.36. The molecule has 1 amide bonds. The number of aromatic nitrogens is 3. The lowest BCUT2D eigenvalue weighted by atomic mass is 10.1. The van der Waals surface area contributed by atoms with E-state index in [0.717, 1.165) is 48.3 Å². The van der Waals surface area contributed by atoms with E-state index in [-0.39, 0.29) is 11.9 Å². The number of methoxy groups -OCH3 is 1. The van der Waals surface area contributed by atoms with E-state index >= 15 is 0 Å². The Hall–Kier alpha value is -2.77. The number of fused-ring (bicyclic) bond motifs is 1. The van der Waals surface area contributed by atoms with Crippen molar-refractivity contribution in [3.63, 3.8) is 0 Å². The Labute approximate surface area is 164 Å². The SMILES string of the molecule is COCCN1CCCC1C(=O)Nc1ccc(C)c(-c2ncc3cccn3n2)c1. The highest BCUT2D eigenvalue weighted by atomic mass is 16.5. The number of carbonyl (C=O) groups excluding carboxylic acids is 1. The molecule has 1 unspecified atom stereocenters. The normalized spacial score (nSPS) is 17.3. The minimum atomic E-state index is -0.104. The van der Waals surface area contributed by atoms with Crippen LogP contribution in [0.25, 0.3) is 16.9 Å². The molecule has 0 saturated carbocycles. The number of amides is 1. The molecule has 28 heavy (non-hydrogen) atoms. The molecule has 0 bridgehead atoms. The molecular weight excluding hydrogens is 354 g/mol. The standard InChI is InChI=1S/C21H25N5O2/c1-15-7-8-16(23-21(27)19-6-4-9-25(19)11-12-28-2)13-18(15)20-22-14-17-5-3-10-26(17)24-20/h3,5,7-8,10,13-14,19H,4,6,9,11-12H2,1-2H3,(H,23,27). The second-order valence-corrected chi connectivity index (χ2v) is 7.17. The quantitative estimate of drug-likeness (QED) is 0.713. The zero-order chi connectivity index (χ0) is 19.5. The molecular formula is C21H25N5O2. The lowest BCUT2D eigenvalue weighted by molar-refractivity contribution is -0.120. The molecule has 0 aliphatic carbocycles. The van der Waals surface area contributed by atoms with Crippen LogP contribution in [0, 0.1) is 6.92 Å². The Morgan fingerprint density at radius 3 is 3.11 bits per heavy atom. The number of ether oxygens (including phenoxy) is 1. The van der Waals surface area contributed by atoms with Gasteiger partial charge in [-0.25, -0.2) is 9.50 Å². The van der Waals surface area contributed by atoms with Crippen LogP contribution < -0.4 is 5.32 Å². The predicted octanol–water partition coefficient (Wildman–Crippen LogP) is 2.75. The van der Waals surface area contributed by atoms with Crippen molar-refractivity contribution in [1.82, 2.24) is 19.5 Å².